The second-order valence-electron chi connectivity index (χ2n) is 3.55. The number of oxime groups is 1. The van der Waals surface area contributed by atoms with Crippen molar-refractivity contribution < 1.29 is 10.0 Å². The molecule has 1 amide bonds. The van der Waals surface area contributed by atoms with E-state index in [1.54, 1.807) is 30.6 Å². The quantitative estimate of drug-likeness (QED) is 0.506. The Morgan fingerprint density at radius 3 is 2.89 bits per heavy atom. The minimum absolute atomic E-state index is 0.226. The number of hydrogen-bond donors (Lipinski definition) is 2. The van der Waals surface area contributed by atoms with Gasteiger partial charge in [0.25, 0.3) is 5.91 Å². The van der Waals surface area contributed by atoms with Gasteiger partial charge in [0.05, 0.1) is 23.1 Å². The van der Waals surface area contributed by atoms with E-state index in [2.05, 4.69) is 15.5 Å². The molecule has 0 saturated heterocycles. The van der Waals surface area contributed by atoms with E-state index in [4.69, 9.17) is 5.21 Å². The summed E-state index contributed by atoms with van der Waals surface area (Å²) in [6.07, 6.45) is 1.51. The number of carbonyl (C=O) groups excluding carboxylic acids is 1. The number of benzene rings is 1. The molecule has 0 aliphatic carbocycles. The fourth-order valence-corrected chi connectivity index (χ4v) is 1.99. The fraction of sp³-hybridized carbons (Fsp3) is 0.0833. The molecule has 2 rings (SSSR count). The van der Waals surface area contributed by atoms with E-state index in [1.165, 1.54) is 17.5 Å². The molecule has 0 aliphatic rings. The van der Waals surface area contributed by atoms with Gasteiger partial charge in [0, 0.05) is 5.56 Å². The van der Waals surface area contributed by atoms with Crippen LogP contribution in [0, 0.1) is 0 Å². The van der Waals surface area contributed by atoms with Gasteiger partial charge in [-0.15, -0.1) is 11.3 Å². The minimum atomic E-state index is -0.226. The molecule has 1 aromatic carbocycles. The van der Waals surface area contributed by atoms with Crippen LogP contribution in [0.1, 0.15) is 22.2 Å². The van der Waals surface area contributed by atoms with Crippen molar-refractivity contribution in [1.29, 1.82) is 0 Å². The first kappa shape index (κ1) is 12.3. The topological polar surface area (TPSA) is 74.6 Å². The number of para-hydroxylation sites is 1. The zero-order valence-corrected chi connectivity index (χ0v) is 10.4. The lowest BCUT2D eigenvalue weighted by Gasteiger charge is -2.08. The highest BCUT2D eigenvalue weighted by molar-refractivity contribution is 7.11. The first-order valence-electron chi connectivity index (χ1n) is 5.20. The maximum atomic E-state index is 11.9. The number of hydrogen-bond acceptors (Lipinski definition) is 5. The molecular formula is C12H11N3O2S. The molecule has 0 radical (unpaired) electrons. The molecule has 5 nitrogen and oxygen atoms in total. The van der Waals surface area contributed by atoms with Crippen LogP contribution in [0.15, 0.2) is 41.1 Å². The highest BCUT2D eigenvalue weighted by Crippen LogP contribution is 2.18. The molecule has 1 aromatic heterocycles. The van der Waals surface area contributed by atoms with Crippen LogP contribution in [0.2, 0.25) is 0 Å². The molecule has 18 heavy (non-hydrogen) atoms. The summed E-state index contributed by atoms with van der Waals surface area (Å²) in [5.41, 5.74) is 3.32. The van der Waals surface area contributed by atoms with Crippen LogP contribution in [-0.2, 0) is 0 Å². The van der Waals surface area contributed by atoms with Gasteiger partial charge in [-0.25, -0.2) is 0 Å². The second kappa shape index (κ2) is 5.42. The SMILES string of the molecule is C/C(=N/O)c1ccccc1NC(=O)c1cncs1. The molecule has 0 aliphatic heterocycles. The number of rotatable bonds is 3. The lowest BCUT2D eigenvalue weighted by molar-refractivity contribution is 0.103. The van der Waals surface area contributed by atoms with Gasteiger partial charge in [0.1, 0.15) is 4.88 Å². The van der Waals surface area contributed by atoms with E-state index in [0.29, 0.717) is 21.8 Å². The van der Waals surface area contributed by atoms with Gasteiger partial charge in [-0.3, -0.25) is 9.78 Å². The Morgan fingerprint density at radius 2 is 2.22 bits per heavy atom. The molecule has 1 heterocycles. The van der Waals surface area contributed by atoms with Gasteiger partial charge in [-0.05, 0) is 13.0 Å². The zero-order chi connectivity index (χ0) is 13.0. The summed E-state index contributed by atoms with van der Waals surface area (Å²) in [7, 11) is 0. The number of thiazole rings is 1. The van der Waals surface area contributed by atoms with E-state index in [-0.39, 0.29) is 5.91 Å². The Kier molecular flexibility index (Phi) is 3.69. The van der Waals surface area contributed by atoms with E-state index in [1.807, 2.05) is 6.07 Å². The van der Waals surface area contributed by atoms with Crippen molar-refractivity contribution in [3.8, 4) is 0 Å². The molecule has 92 valence electrons. The predicted molar refractivity (Wildman–Crippen MR) is 70.5 cm³/mol. The van der Waals surface area contributed by atoms with Crippen molar-refractivity contribution in [2.45, 2.75) is 6.92 Å². The van der Waals surface area contributed by atoms with Gasteiger partial charge in [-0.1, -0.05) is 23.4 Å². The smallest absolute Gasteiger partial charge is 0.267 e. The van der Waals surface area contributed by atoms with Crippen LogP contribution in [-0.4, -0.2) is 21.8 Å². The predicted octanol–water partition coefficient (Wildman–Crippen LogP) is 2.59. The van der Waals surface area contributed by atoms with Crippen molar-refractivity contribution >= 4 is 28.6 Å². The third-order valence-electron chi connectivity index (χ3n) is 2.37. The molecular weight excluding hydrogens is 250 g/mol. The second-order valence-corrected chi connectivity index (χ2v) is 4.44. The average Bonchev–Trinajstić information content (AvgIpc) is 2.92. The van der Waals surface area contributed by atoms with Crippen molar-refractivity contribution in [2.75, 3.05) is 5.32 Å². The number of amides is 1. The Labute approximate surface area is 108 Å². The Morgan fingerprint density at radius 1 is 1.44 bits per heavy atom. The average molecular weight is 261 g/mol. The molecule has 6 heteroatoms. The minimum Gasteiger partial charge on any atom is -0.411 e. The number of carbonyl (C=O) groups is 1. The van der Waals surface area contributed by atoms with Gasteiger partial charge < -0.3 is 10.5 Å². The van der Waals surface area contributed by atoms with Crippen LogP contribution in [0.5, 0.6) is 0 Å². The van der Waals surface area contributed by atoms with Crippen LogP contribution in [0.25, 0.3) is 0 Å². The maximum absolute atomic E-state index is 11.9. The van der Waals surface area contributed by atoms with E-state index in [9.17, 15) is 4.79 Å². The largest absolute Gasteiger partial charge is 0.411 e. The zero-order valence-electron chi connectivity index (χ0n) is 9.62. The molecule has 0 bridgehead atoms. The monoisotopic (exact) mass is 261 g/mol. The number of nitrogens with zero attached hydrogens (tertiary/aromatic N) is 2. The molecule has 2 aromatic rings. The van der Waals surface area contributed by atoms with Gasteiger partial charge in [-0.2, -0.15) is 0 Å². The first-order valence-corrected chi connectivity index (χ1v) is 6.08. The Balaban J connectivity index is 2.27. The number of aromatic nitrogens is 1. The van der Waals surface area contributed by atoms with E-state index < -0.39 is 0 Å². The normalized spacial score (nSPS) is 11.3. The third kappa shape index (κ3) is 2.54. The summed E-state index contributed by atoms with van der Waals surface area (Å²) < 4.78 is 0. The van der Waals surface area contributed by atoms with Gasteiger partial charge in [0.15, 0.2) is 0 Å². The summed E-state index contributed by atoms with van der Waals surface area (Å²) in [5.74, 6) is -0.226. The standard InChI is InChI=1S/C12H11N3O2S/c1-8(15-17)9-4-2-3-5-10(9)14-12(16)11-6-13-7-18-11/h2-7,17H,1H3,(H,14,16)/b15-8-. The fourth-order valence-electron chi connectivity index (χ4n) is 1.47. The Bertz CT molecular complexity index is 579. The van der Waals surface area contributed by atoms with Gasteiger partial charge in [0.2, 0.25) is 0 Å². The summed E-state index contributed by atoms with van der Waals surface area (Å²) in [4.78, 5) is 16.3. The molecule has 0 unspecified atom stereocenters. The lowest BCUT2D eigenvalue weighted by atomic mass is 10.1. The van der Waals surface area contributed by atoms with Crippen molar-refractivity contribution in [1.82, 2.24) is 4.98 Å². The lowest BCUT2D eigenvalue weighted by Crippen LogP contribution is -2.13. The van der Waals surface area contributed by atoms with Gasteiger partial charge >= 0.3 is 0 Å². The van der Waals surface area contributed by atoms with Crippen molar-refractivity contribution in [2.24, 2.45) is 5.16 Å². The van der Waals surface area contributed by atoms with Crippen LogP contribution >= 0.6 is 11.3 Å². The van der Waals surface area contributed by atoms with E-state index in [0.717, 1.165) is 0 Å². The summed E-state index contributed by atoms with van der Waals surface area (Å²) in [6, 6.07) is 7.14. The molecule has 0 spiro atoms. The van der Waals surface area contributed by atoms with Crippen molar-refractivity contribution in [3.05, 3.63) is 46.4 Å². The van der Waals surface area contributed by atoms with E-state index >= 15 is 0 Å². The van der Waals surface area contributed by atoms with Crippen LogP contribution in [0.3, 0.4) is 0 Å². The summed E-state index contributed by atoms with van der Waals surface area (Å²) >= 11 is 1.27. The molecule has 0 fully saturated rings. The molecule has 0 saturated carbocycles. The number of nitrogens with one attached hydrogen (secondary N) is 1. The molecule has 0 atom stereocenters. The van der Waals surface area contributed by atoms with Crippen LogP contribution in [0.4, 0.5) is 5.69 Å². The highest BCUT2D eigenvalue weighted by atomic mass is 32.1. The highest BCUT2D eigenvalue weighted by Gasteiger charge is 2.11. The van der Waals surface area contributed by atoms with Crippen LogP contribution < -0.4 is 5.32 Å². The number of anilines is 1. The Hall–Kier alpha value is -2.21. The first-order chi connectivity index (χ1) is 8.72. The van der Waals surface area contributed by atoms with Crippen molar-refractivity contribution in [3.63, 3.8) is 0 Å². The maximum Gasteiger partial charge on any atom is 0.267 e. The molecule has 2 N–H and O–H groups in total. The summed E-state index contributed by atoms with van der Waals surface area (Å²) in [6.45, 7) is 1.66. The third-order valence-corrected chi connectivity index (χ3v) is 3.14. The summed E-state index contributed by atoms with van der Waals surface area (Å²) in [5, 5.41) is 14.7.